The first-order chi connectivity index (χ1) is 3.98. The molecule has 0 aliphatic rings. The second-order valence-electron chi connectivity index (χ2n) is 2.40. The van der Waals surface area contributed by atoms with Crippen molar-refractivity contribution in [2.24, 2.45) is 0 Å². The number of thiol groups is 1. The van der Waals surface area contributed by atoms with E-state index in [4.69, 9.17) is 10.2 Å². The van der Waals surface area contributed by atoms with Crippen molar-refractivity contribution in [1.29, 1.82) is 0 Å². The fourth-order valence-corrected chi connectivity index (χ4v) is 0.676. The molecule has 0 rings (SSSR count). The molecule has 2 unspecified atom stereocenters. The van der Waals surface area contributed by atoms with Gasteiger partial charge in [-0.05, 0) is 13.3 Å². The molecule has 2 atom stereocenters. The summed E-state index contributed by atoms with van der Waals surface area (Å²) in [5.74, 6) is 0. The Hall–Kier alpha value is 0.270. The molecule has 9 heavy (non-hydrogen) atoms. The van der Waals surface area contributed by atoms with Crippen LogP contribution in [0.2, 0.25) is 0 Å². The van der Waals surface area contributed by atoms with Crippen molar-refractivity contribution in [3.05, 3.63) is 0 Å². The van der Waals surface area contributed by atoms with Gasteiger partial charge in [0.05, 0.1) is 6.10 Å². The topological polar surface area (TPSA) is 40.5 Å². The van der Waals surface area contributed by atoms with Gasteiger partial charge < -0.3 is 10.2 Å². The summed E-state index contributed by atoms with van der Waals surface area (Å²) in [6.07, 6.45) is 0.736. The molecule has 3 heteroatoms. The molecule has 0 aliphatic heterocycles. The van der Waals surface area contributed by atoms with Crippen LogP contribution >= 0.6 is 12.6 Å². The van der Waals surface area contributed by atoms with E-state index in [-0.39, 0.29) is 0 Å². The molecule has 56 valence electrons. The minimum atomic E-state index is -1.24. The zero-order valence-electron chi connectivity index (χ0n) is 5.83. The van der Waals surface area contributed by atoms with Crippen molar-refractivity contribution in [3.63, 3.8) is 0 Å². The molecule has 0 aliphatic carbocycles. The molecule has 0 aromatic carbocycles. The Morgan fingerprint density at radius 1 is 1.67 bits per heavy atom. The van der Waals surface area contributed by atoms with E-state index in [1.807, 2.05) is 6.92 Å². The van der Waals surface area contributed by atoms with Crippen molar-refractivity contribution >= 4 is 12.6 Å². The molecule has 0 bridgehead atoms. The highest BCUT2D eigenvalue weighted by Gasteiger charge is 2.23. The summed E-state index contributed by atoms with van der Waals surface area (Å²) in [6, 6.07) is 0. The summed E-state index contributed by atoms with van der Waals surface area (Å²) < 4.78 is 0. The van der Waals surface area contributed by atoms with Gasteiger partial charge in [0.15, 0.2) is 0 Å². The third kappa shape index (κ3) is 3.78. The lowest BCUT2D eigenvalue weighted by Gasteiger charge is -2.22. The van der Waals surface area contributed by atoms with Gasteiger partial charge in [-0.15, -0.1) is 12.6 Å². The summed E-state index contributed by atoms with van der Waals surface area (Å²) >= 11 is 3.79. The van der Waals surface area contributed by atoms with E-state index < -0.39 is 11.0 Å². The van der Waals surface area contributed by atoms with E-state index in [0.29, 0.717) is 6.42 Å². The number of aliphatic hydroxyl groups is 2. The third-order valence-corrected chi connectivity index (χ3v) is 1.49. The minimum Gasteiger partial charge on any atom is -0.389 e. The molecule has 0 aromatic heterocycles. The Bertz CT molecular complexity index is 77.6. The molecular formula is C6H14O2S. The smallest absolute Gasteiger partial charge is 0.130 e. The van der Waals surface area contributed by atoms with Crippen LogP contribution in [-0.2, 0) is 0 Å². The predicted octanol–water partition coefficient (Wildman–Crippen LogP) is 0.786. The Morgan fingerprint density at radius 2 is 2.11 bits per heavy atom. The second kappa shape index (κ2) is 3.44. The summed E-state index contributed by atoms with van der Waals surface area (Å²) in [6.45, 7) is 3.43. The van der Waals surface area contributed by atoms with Gasteiger partial charge in [0.2, 0.25) is 0 Å². The molecule has 2 N–H and O–H groups in total. The van der Waals surface area contributed by atoms with E-state index in [9.17, 15) is 0 Å². The maximum atomic E-state index is 9.06. The van der Waals surface area contributed by atoms with Gasteiger partial charge in [-0.25, -0.2) is 0 Å². The molecule has 0 saturated heterocycles. The molecule has 0 spiro atoms. The molecule has 0 fully saturated rings. The number of rotatable bonds is 3. The summed E-state index contributed by atoms with van der Waals surface area (Å²) in [5, 5.41) is 18.1. The first kappa shape index (κ1) is 9.27. The number of hydrogen-bond donors (Lipinski definition) is 3. The van der Waals surface area contributed by atoms with Crippen LogP contribution in [0.1, 0.15) is 26.7 Å². The van der Waals surface area contributed by atoms with Crippen LogP contribution in [0.15, 0.2) is 0 Å². The third-order valence-electron chi connectivity index (χ3n) is 1.19. The predicted molar refractivity (Wildman–Crippen MR) is 40.5 cm³/mol. The fourth-order valence-electron chi connectivity index (χ4n) is 0.547. The van der Waals surface area contributed by atoms with Crippen LogP contribution in [0.4, 0.5) is 0 Å². The van der Waals surface area contributed by atoms with E-state index in [1.54, 1.807) is 0 Å². The Kier molecular flexibility index (Phi) is 3.54. The van der Waals surface area contributed by atoms with Gasteiger partial charge in [0, 0.05) is 0 Å². The van der Waals surface area contributed by atoms with Gasteiger partial charge in [0.1, 0.15) is 4.93 Å². The molecule has 0 heterocycles. The van der Waals surface area contributed by atoms with Crippen molar-refractivity contribution in [3.8, 4) is 0 Å². The van der Waals surface area contributed by atoms with Crippen LogP contribution in [0.25, 0.3) is 0 Å². The average molecular weight is 150 g/mol. The Labute approximate surface area is 61.3 Å². The standard InChI is InChI=1S/C6H14O2S/c1-3-4-5(7)6(2,8)9/h5,7-9H,3-4H2,1-2H3. The average Bonchev–Trinajstić information content (AvgIpc) is 1.64. The Morgan fingerprint density at radius 3 is 2.22 bits per heavy atom. The maximum absolute atomic E-state index is 9.06. The van der Waals surface area contributed by atoms with Crippen LogP contribution in [-0.4, -0.2) is 21.3 Å². The van der Waals surface area contributed by atoms with E-state index in [2.05, 4.69) is 12.6 Å². The summed E-state index contributed by atoms with van der Waals surface area (Å²) in [5.41, 5.74) is 0. The largest absolute Gasteiger partial charge is 0.389 e. The highest BCUT2D eigenvalue weighted by atomic mass is 32.1. The van der Waals surface area contributed by atoms with Gasteiger partial charge in [-0.1, -0.05) is 13.3 Å². The van der Waals surface area contributed by atoms with Gasteiger partial charge in [0.25, 0.3) is 0 Å². The second-order valence-corrected chi connectivity index (χ2v) is 3.30. The summed E-state index contributed by atoms with van der Waals surface area (Å²) in [7, 11) is 0. The fraction of sp³-hybridized carbons (Fsp3) is 1.00. The van der Waals surface area contributed by atoms with E-state index in [0.717, 1.165) is 6.42 Å². The normalized spacial score (nSPS) is 21.0. The Balaban J connectivity index is 3.59. The highest BCUT2D eigenvalue weighted by Crippen LogP contribution is 2.17. The molecule has 0 amide bonds. The van der Waals surface area contributed by atoms with Crippen LogP contribution in [0.3, 0.4) is 0 Å². The number of hydrogen-bond acceptors (Lipinski definition) is 3. The first-order valence-electron chi connectivity index (χ1n) is 3.11. The first-order valence-corrected chi connectivity index (χ1v) is 3.56. The molecule has 2 nitrogen and oxygen atoms in total. The van der Waals surface area contributed by atoms with Crippen molar-refractivity contribution in [2.75, 3.05) is 0 Å². The molecule has 0 radical (unpaired) electrons. The minimum absolute atomic E-state index is 0.594. The van der Waals surface area contributed by atoms with Crippen LogP contribution in [0.5, 0.6) is 0 Å². The monoisotopic (exact) mass is 150 g/mol. The maximum Gasteiger partial charge on any atom is 0.130 e. The van der Waals surface area contributed by atoms with Crippen LogP contribution in [0, 0.1) is 0 Å². The van der Waals surface area contributed by atoms with Crippen molar-refractivity contribution in [1.82, 2.24) is 0 Å². The van der Waals surface area contributed by atoms with E-state index >= 15 is 0 Å². The van der Waals surface area contributed by atoms with Crippen LogP contribution < -0.4 is 0 Å². The SMILES string of the molecule is CCCC(O)C(C)(O)S. The highest BCUT2D eigenvalue weighted by molar-refractivity contribution is 7.81. The van der Waals surface area contributed by atoms with Crippen molar-refractivity contribution in [2.45, 2.75) is 37.7 Å². The lowest BCUT2D eigenvalue weighted by Crippen LogP contribution is -2.32. The van der Waals surface area contributed by atoms with Gasteiger partial charge >= 0.3 is 0 Å². The molecular weight excluding hydrogens is 136 g/mol. The van der Waals surface area contributed by atoms with Crippen molar-refractivity contribution < 1.29 is 10.2 Å². The molecule has 0 aromatic rings. The quantitative estimate of drug-likeness (QED) is 0.411. The number of aliphatic hydroxyl groups excluding tert-OH is 1. The van der Waals surface area contributed by atoms with Gasteiger partial charge in [-0.3, -0.25) is 0 Å². The lowest BCUT2D eigenvalue weighted by molar-refractivity contribution is 0.00243. The molecule has 0 saturated carbocycles. The lowest BCUT2D eigenvalue weighted by atomic mass is 10.1. The van der Waals surface area contributed by atoms with E-state index in [1.165, 1.54) is 6.92 Å². The zero-order chi connectivity index (χ0) is 7.49. The van der Waals surface area contributed by atoms with Gasteiger partial charge in [-0.2, -0.15) is 0 Å². The zero-order valence-corrected chi connectivity index (χ0v) is 6.73. The summed E-state index contributed by atoms with van der Waals surface area (Å²) in [4.78, 5) is -1.24.